The second kappa shape index (κ2) is 6.31. The standard InChI is InChI=1S/C21H15N9/c1-30-11-13(10-24-30)14-2-3-16-19(25-14)20(29-28-16)21-26-15-6-9-23-17(18(15)27-21)12-4-7-22-8-5-12/h2-11H,1H3,(H,26,27)(H,28,29). The number of rotatable bonds is 3. The van der Waals surface area contributed by atoms with Crippen molar-refractivity contribution >= 4 is 22.1 Å². The molecule has 0 aliphatic carbocycles. The maximum atomic E-state index is 4.81. The van der Waals surface area contributed by atoms with Crippen LogP contribution in [0.1, 0.15) is 0 Å². The molecule has 0 aliphatic heterocycles. The van der Waals surface area contributed by atoms with Crippen LogP contribution < -0.4 is 0 Å². The number of aromatic amines is 2. The van der Waals surface area contributed by atoms with Crippen molar-refractivity contribution in [2.75, 3.05) is 0 Å². The molecule has 2 N–H and O–H groups in total. The first-order chi connectivity index (χ1) is 14.8. The topological polar surface area (TPSA) is 114 Å². The largest absolute Gasteiger partial charge is 0.336 e. The van der Waals surface area contributed by atoms with Crippen LogP contribution in [0, 0.1) is 0 Å². The van der Waals surface area contributed by atoms with Gasteiger partial charge in [0.2, 0.25) is 0 Å². The van der Waals surface area contributed by atoms with Gasteiger partial charge in [0.05, 0.1) is 28.6 Å². The van der Waals surface area contributed by atoms with Crippen LogP contribution in [-0.2, 0) is 7.05 Å². The fourth-order valence-electron chi connectivity index (χ4n) is 3.55. The van der Waals surface area contributed by atoms with E-state index < -0.39 is 0 Å². The molecule has 0 bridgehead atoms. The van der Waals surface area contributed by atoms with Crippen LogP contribution in [0.25, 0.3) is 56.1 Å². The van der Waals surface area contributed by atoms with Crippen molar-refractivity contribution in [2.45, 2.75) is 0 Å². The van der Waals surface area contributed by atoms with Gasteiger partial charge >= 0.3 is 0 Å². The number of nitrogens with one attached hydrogen (secondary N) is 2. The van der Waals surface area contributed by atoms with E-state index in [-0.39, 0.29) is 0 Å². The molecule has 0 atom stereocenters. The van der Waals surface area contributed by atoms with E-state index in [1.807, 2.05) is 43.6 Å². The van der Waals surface area contributed by atoms with Crippen molar-refractivity contribution in [2.24, 2.45) is 7.05 Å². The second-order valence-corrected chi connectivity index (χ2v) is 6.94. The Kier molecular flexibility index (Phi) is 3.48. The molecule has 0 spiro atoms. The van der Waals surface area contributed by atoms with Crippen molar-refractivity contribution in [3.8, 4) is 34.0 Å². The summed E-state index contributed by atoms with van der Waals surface area (Å²) in [5, 5.41) is 11.7. The zero-order valence-electron chi connectivity index (χ0n) is 15.9. The van der Waals surface area contributed by atoms with Gasteiger partial charge in [-0.2, -0.15) is 10.2 Å². The van der Waals surface area contributed by atoms with Crippen LogP contribution in [0.5, 0.6) is 0 Å². The number of pyridine rings is 3. The summed E-state index contributed by atoms with van der Waals surface area (Å²) >= 11 is 0. The Bertz CT molecular complexity index is 1510. The minimum Gasteiger partial charge on any atom is -0.336 e. The average Bonchev–Trinajstić information content (AvgIpc) is 3.50. The Morgan fingerprint density at radius 2 is 1.70 bits per heavy atom. The third-order valence-electron chi connectivity index (χ3n) is 4.99. The molecular weight excluding hydrogens is 378 g/mol. The second-order valence-electron chi connectivity index (χ2n) is 6.94. The fraction of sp³-hybridized carbons (Fsp3) is 0.0476. The molecule has 0 amide bonds. The molecule has 6 aromatic heterocycles. The number of hydrogen-bond acceptors (Lipinski definition) is 6. The van der Waals surface area contributed by atoms with Crippen molar-refractivity contribution in [1.29, 1.82) is 0 Å². The molecular formula is C21H15N9. The zero-order valence-corrected chi connectivity index (χ0v) is 15.9. The quantitative estimate of drug-likeness (QED) is 0.477. The van der Waals surface area contributed by atoms with Crippen LogP contribution >= 0.6 is 0 Å². The summed E-state index contributed by atoms with van der Waals surface area (Å²) < 4.78 is 1.75. The van der Waals surface area contributed by atoms with Crippen LogP contribution in [0.15, 0.2) is 61.3 Å². The van der Waals surface area contributed by atoms with Gasteiger partial charge in [0.1, 0.15) is 11.0 Å². The van der Waals surface area contributed by atoms with E-state index in [1.165, 1.54) is 0 Å². The summed E-state index contributed by atoms with van der Waals surface area (Å²) in [5.74, 6) is 0.635. The summed E-state index contributed by atoms with van der Waals surface area (Å²) in [4.78, 5) is 21.6. The highest BCUT2D eigenvalue weighted by Crippen LogP contribution is 2.30. The Balaban J connectivity index is 1.52. The zero-order chi connectivity index (χ0) is 20.1. The lowest BCUT2D eigenvalue weighted by Crippen LogP contribution is -1.87. The molecule has 0 unspecified atom stereocenters. The molecule has 0 radical (unpaired) electrons. The first-order valence-electron chi connectivity index (χ1n) is 9.36. The third kappa shape index (κ3) is 2.56. The molecule has 9 nitrogen and oxygen atoms in total. The first kappa shape index (κ1) is 16.5. The number of fused-ring (bicyclic) bond motifs is 2. The van der Waals surface area contributed by atoms with Crippen molar-refractivity contribution in [3.63, 3.8) is 0 Å². The maximum Gasteiger partial charge on any atom is 0.161 e. The minimum atomic E-state index is 0.635. The van der Waals surface area contributed by atoms with Gasteiger partial charge < -0.3 is 4.98 Å². The Morgan fingerprint density at radius 1 is 0.833 bits per heavy atom. The molecule has 6 heterocycles. The smallest absolute Gasteiger partial charge is 0.161 e. The molecule has 6 aromatic rings. The van der Waals surface area contributed by atoms with Crippen LogP contribution in [-0.4, -0.2) is 44.9 Å². The lowest BCUT2D eigenvalue weighted by atomic mass is 10.1. The molecule has 0 fully saturated rings. The van der Waals surface area contributed by atoms with Crippen molar-refractivity contribution in [1.82, 2.24) is 44.9 Å². The first-order valence-corrected chi connectivity index (χ1v) is 9.36. The van der Waals surface area contributed by atoms with E-state index in [1.54, 1.807) is 29.5 Å². The molecule has 0 aromatic carbocycles. The van der Waals surface area contributed by atoms with Gasteiger partial charge in [-0.15, -0.1) is 0 Å². The normalized spacial score (nSPS) is 11.5. The molecule has 6 rings (SSSR count). The minimum absolute atomic E-state index is 0.635. The highest BCUT2D eigenvalue weighted by Gasteiger charge is 2.17. The third-order valence-corrected chi connectivity index (χ3v) is 4.99. The number of H-pyrrole nitrogens is 2. The van der Waals surface area contributed by atoms with E-state index in [0.29, 0.717) is 11.5 Å². The van der Waals surface area contributed by atoms with Gasteiger partial charge in [-0.1, -0.05) is 0 Å². The summed E-state index contributed by atoms with van der Waals surface area (Å²) in [6, 6.07) is 9.66. The molecule has 9 heteroatoms. The van der Waals surface area contributed by atoms with Crippen LogP contribution in [0.3, 0.4) is 0 Å². The number of imidazole rings is 1. The number of nitrogens with zero attached hydrogens (tertiary/aromatic N) is 7. The number of aryl methyl sites for hydroxylation is 1. The van der Waals surface area contributed by atoms with E-state index in [9.17, 15) is 0 Å². The molecule has 144 valence electrons. The maximum absolute atomic E-state index is 4.81. The van der Waals surface area contributed by atoms with Gasteiger partial charge in [-0.05, 0) is 30.3 Å². The van der Waals surface area contributed by atoms with Gasteiger partial charge in [0.25, 0.3) is 0 Å². The SMILES string of the molecule is Cn1cc(-c2ccc3[nH]nc(-c4nc5c(-c6ccncc6)nccc5[nH]4)c3n2)cn1. The lowest BCUT2D eigenvalue weighted by molar-refractivity contribution is 0.768. The van der Waals surface area contributed by atoms with Gasteiger partial charge in [-0.25, -0.2) is 9.97 Å². The van der Waals surface area contributed by atoms with Gasteiger partial charge in [-0.3, -0.25) is 19.7 Å². The lowest BCUT2D eigenvalue weighted by Gasteiger charge is -2.00. The summed E-state index contributed by atoms with van der Waals surface area (Å²) in [7, 11) is 1.88. The Morgan fingerprint density at radius 3 is 2.53 bits per heavy atom. The molecule has 0 saturated heterocycles. The molecule has 0 saturated carbocycles. The monoisotopic (exact) mass is 393 g/mol. The molecule has 30 heavy (non-hydrogen) atoms. The number of hydrogen-bond donors (Lipinski definition) is 2. The highest BCUT2D eigenvalue weighted by molar-refractivity contribution is 5.94. The molecule has 0 aliphatic rings. The van der Waals surface area contributed by atoms with Crippen molar-refractivity contribution < 1.29 is 0 Å². The predicted octanol–water partition coefficient (Wildman–Crippen LogP) is 3.36. The summed E-state index contributed by atoms with van der Waals surface area (Å²) in [6.07, 6.45) is 8.98. The average molecular weight is 393 g/mol. The van der Waals surface area contributed by atoms with Crippen LogP contribution in [0.4, 0.5) is 0 Å². The summed E-state index contributed by atoms with van der Waals surface area (Å²) in [5.41, 5.74) is 7.42. The Hall–Kier alpha value is -4.40. The van der Waals surface area contributed by atoms with E-state index in [0.717, 1.165) is 44.6 Å². The number of aromatic nitrogens is 9. The van der Waals surface area contributed by atoms with E-state index in [4.69, 9.17) is 9.97 Å². The van der Waals surface area contributed by atoms with E-state index in [2.05, 4.69) is 30.2 Å². The predicted molar refractivity (Wildman–Crippen MR) is 112 cm³/mol. The highest BCUT2D eigenvalue weighted by atomic mass is 15.2. The van der Waals surface area contributed by atoms with E-state index >= 15 is 0 Å². The van der Waals surface area contributed by atoms with Gasteiger partial charge in [0.15, 0.2) is 11.5 Å². The summed E-state index contributed by atoms with van der Waals surface area (Å²) in [6.45, 7) is 0. The van der Waals surface area contributed by atoms with Crippen molar-refractivity contribution in [3.05, 3.63) is 61.3 Å². The van der Waals surface area contributed by atoms with Crippen LogP contribution in [0.2, 0.25) is 0 Å². The Labute approximate surface area is 169 Å². The fourth-order valence-corrected chi connectivity index (χ4v) is 3.55. The van der Waals surface area contributed by atoms with Gasteiger partial charge in [0, 0.05) is 43.0 Å².